The van der Waals surface area contributed by atoms with E-state index in [9.17, 15) is 0 Å². The molecule has 0 amide bonds. The third-order valence-electron chi connectivity index (χ3n) is 4.55. The van der Waals surface area contributed by atoms with Gasteiger partial charge in [-0.3, -0.25) is 0 Å². The van der Waals surface area contributed by atoms with Crippen molar-refractivity contribution in [3.8, 4) is 0 Å². The third-order valence-corrected chi connectivity index (χ3v) is 5.38. The zero-order chi connectivity index (χ0) is 17.8. The number of nitrogens with two attached hydrogens (primary N) is 1. The molecule has 2 aromatic rings. The molecule has 2 heterocycles. The van der Waals surface area contributed by atoms with E-state index in [2.05, 4.69) is 63.9 Å². The summed E-state index contributed by atoms with van der Waals surface area (Å²) in [6.07, 6.45) is 1.85. The Morgan fingerprint density at radius 3 is 2.58 bits per heavy atom. The number of thiazole rings is 1. The van der Waals surface area contributed by atoms with Gasteiger partial charge in [-0.2, -0.15) is 0 Å². The molecule has 1 aliphatic rings. The van der Waals surface area contributed by atoms with Crippen LogP contribution in [0.3, 0.4) is 0 Å². The molecule has 1 aliphatic heterocycles. The molecule has 1 saturated heterocycles. The Balaban J connectivity index is 0.00000243. The van der Waals surface area contributed by atoms with Gasteiger partial charge in [0.2, 0.25) is 0 Å². The summed E-state index contributed by atoms with van der Waals surface area (Å²) in [6, 6.07) is 6.45. The van der Waals surface area contributed by atoms with E-state index < -0.39 is 0 Å². The lowest BCUT2D eigenvalue weighted by molar-refractivity contribution is 0.380. The minimum absolute atomic E-state index is 0. The fourth-order valence-electron chi connectivity index (χ4n) is 2.90. The Kier molecular flexibility index (Phi) is 7.51. The van der Waals surface area contributed by atoms with Crippen molar-refractivity contribution in [1.82, 2.24) is 9.88 Å². The fraction of sp³-hybridized carbons (Fsp3) is 0.444. The first-order valence-electron chi connectivity index (χ1n) is 8.51. The number of halogens is 1. The van der Waals surface area contributed by atoms with Gasteiger partial charge in [0.1, 0.15) is 0 Å². The van der Waals surface area contributed by atoms with Gasteiger partial charge >= 0.3 is 0 Å². The zero-order valence-corrected chi connectivity index (χ0v) is 18.7. The summed E-state index contributed by atoms with van der Waals surface area (Å²) in [5.41, 5.74) is 9.89. The van der Waals surface area contributed by atoms with Crippen molar-refractivity contribution >= 4 is 52.1 Å². The van der Waals surface area contributed by atoms with Crippen LogP contribution in [-0.2, 0) is 6.54 Å². The monoisotopic (exact) mass is 486 g/mol. The van der Waals surface area contributed by atoms with Crippen molar-refractivity contribution in [3.05, 3.63) is 40.9 Å². The van der Waals surface area contributed by atoms with E-state index in [0.717, 1.165) is 31.3 Å². The first-order chi connectivity index (χ1) is 12.0. The number of anilines is 2. The highest BCUT2D eigenvalue weighted by atomic mass is 127. The van der Waals surface area contributed by atoms with Gasteiger partial charge in [0.05, 0.1) is 6.54 Å². The van der Waals surface area contributed by atoms with Crippen molar-refractivity contribution in [2.24, 2.45) is 10.7 Å². The van der Waals surface area contributed by atoms with E-state index >= 15 is 0 Å². The molecule has 0 radical (unpaired) electrons. The topological polar surface area (TPSA) is 61.0 Å². The van der Waals surface area contributed by atoms with Crippen LogP contribution in [0.15, 0.2) is 34.8 Å². The fourth-order valence-corrected chi connectivity index (χ4v) is 3.60. The maximum absolute atomic E-state index is 6.22. The molecule has 1 fully saturated rings. The third kappa shape index (κ3) is 5.00. The molecule has 2 N–H and O–H groups in total. The molecule has 6 nitrogen and oxygen atoms in total. The molecular formula is C18H27IN6S. The quantitative estimate of drug-likeness (QED) is 0.409. The van der Waals surface area contributed by atoms with E-state index in [-0.39, 0.29) is 24.0 Å². The summed E-state index contributed by atoms with van der Waals surface area (Å²) in [6.45, 7) is 6.38. The number of aromatic nitrogens is 1. The van der Waals surface area contributed by atoms with Gasteiger partial charge in [-0.25, -0.2) is 9.98 Å². The predicted octanol–water partition coefficient (Wildman–Crippen LogP) is 2.77. The Morgan fingerprint density at radius 2 is 2.00 bits per heavy atom. The highest BCUT2D eigenvalue weighted by Crippen LogP contribution is 2.20. The second kappa shape index (κ2) is 9.40. The van der Waals surface area contributed by atoms with Crippen LogP contribution in [-0.4, -0.2) is 56.1 Å². The minimum atomic E-state index is 0. The SMILES string of the molecule is Cc1cc(N(C)C)ccc1CN=C(N)N1CCN(c2nccs2)CC1.I. The Morgan fingerprint density at radius 1 is 1.27 bits per heavy atom. The number of guanidine groups is 1. The normalized spacial score (nSPS) is 15.0. The number of benzene rings is 1. The van der Waals surface area contributed by atoms with Crippen molar-refractivity contribution in [3.63, 3.8) is 0 Å². The lowest BCUT2D eigenvalue weighted by Gasteiger charge is -2.35. The summed E-state index contributed by atoms with van der Waals surface area (Å²) in [5, 5.41) is 3.10. The van der Waals surface area contributed by atoms with Gasteiger partial charge < -0.3 is 20.4 Å². The second-order valence-corrected chi connectivity index (χ2v) is 7.34. The lowest BCUT2D eigenvalue weighted by atomic mass is 10.1. The minimum Gasteiger partial charge on any atom is -0.378 e. The van der Waals surface area contributed by atoms with Crippen molar-refractivity contribution in [2.45, 2.75) is 13.5 Å². The summed E-state index contributed by atoms with van der Waals surface area (Å²) >= 11 is 1.68. The number of aliphatic imine (C=N–C) groups is 1. The van der Waals surface area contributed by atoms with Crippen LogP contribution in [0.4, 0.5) is 10.8 Å². The molecule has 3 rings (SSSR count). The van der Waals surface area contributed by atoms with E-state index in [1.165, 1.54) is 16.8 Å². The molecule has 0 spiro atoms. The van der Waals surface area contributed by atoms with Gasteiger partial charge in [0, 0.05) is 57.5 Å². The standard InChI is InChI=1S/C18H26N6S.HI/c1-14-12-16(22(2)3)5-4-15(14)13-21-17(19)23-7-9-24(10-8-23)18-20-6-11-25-18;/h4-6,11-12H,7-10,13H2,1-3H3,(H2,19,21);1H. The molecule has 8 heteroatoms. The van der Waals surface area contributed by atoms with Gasteiger partial charge in [0.25, 0.3) is 0 Å². The molecule has 0 atom stereocenters. The first kappa shape index (κ1) is 20.8. The van der Waals surface area contributed by atoms with Crippen LogP contribution in [0, 0.1) is 6.92 Å². The number of aryl methyl sites for hydroxylation is 1. The Bertz CT molecular complexity index is 723. The maximum Gasteiger partial charge on any atom is 0.191 e. The van der Waals surface area contributed by atoms with E-state index in [1.807, 2.05) is 11.6 Å². The highest BCUT2D eigenvalue weighted by Gasteiger charge is 2.19. The van der Waals surface area contributed by atoms with Crippen LogP contribution in [0.1, 0.15) is 11.1 Å². The summed E-state index contributed by atoms with van der Waals surface area (Å²) in [5.74, 6) is 0.634. The molecular weight excluding hydrogens is 459 g/mol. The number of nitrogens with zero attached hydrogens (tertiary/aromatic N) is 5. The van der Waals surface area contributed by atoms with E-state index in [4.69, 9.17) is 5.73 Å². The number of hydrogen-bond acceptors (Lipinski definition) is 5. The van der Waals surface area contributed by atoms with Gasteiger partial charge in [-0.15, -0.1) is 35.3 Å². The summed E-state index contributed by atoms with van der Waals surface area (Å²) < 4.78 is 0. The molecule has 26 heavy (non-hydrogen) atoms. The van der Waals surface area contributed by atoms with E-state index in [0.29, 0.717) is 12.5 Å². The largest absolute Gasteiger partial charge is 0.378 e. The first-order valence-corrected chi connectivity index (χ1v) is 9.38. The highest BCUT2D eigenvalue weighted by molar-refractivity contribution is 14.0. The molecule has 1 aromatic carbocycles. The van der Waals surface area contributed by atoms with Crippen molar-refractivity contribution < 1.29 is 0 Å². The average Bonchev–Trinajstić information content (AvgIpc) is 3.15. The van der Waals surface area contributed by atoms with Gasteiger partial charge in [0.15, 0.2) is 11.1 Å². The van der Waals surface area contributed by atoms with Crippen LogP contribution in [0.5, 0.6) is 0 Å². The van der Waals surface area contributed by atoms with Gasteiger partial charge in [-0.05, 0) is 30.2 Å². The number of rotatable bonds is 4. The molecule has 1 aromatic heterocycles. The predicted molar refractivity (Wildman–Crippen MR) is 122 cm³/mol. The van der Waals surface area contributed by atoms with Crippen LogP contribution < -0.4 is 15.5 Å². The molecule has 0 saturated carbocycles. The van der Waals surface area contributed by atoms with Crippen molar-refractivity contribution in [2.75, 3.05) is 50.1 Å². The molecule has 142 valence electrons. The number of hydrogen-bond donors (Lipinski definition) is 1. The lowest BCUT2D eigenvalue weighted by Crippen LogP contribution is -2.51. The molecule has 0 bridgehead atoms. The summed E-state index contributed by atoms with van der Waals surface area (Å²) in [7, 11) is 4.10. The smallest absolute Gasteiger partial charge is 0.191 e. The average molecular weight is 486 g/mol. The molecule has 0 aliphatic carbocycles. The zero-order valence-electron chi connectivity index (χ0n) is 15.6. The number of piperazine rings is 1. The van der Waals surface area contributed by atoms with Crippen LogP contribution in [0.2, 0.25) is 0 Å². The van der Waals surface area contributed by atoms with E-state index in [1.54, 1.807) is 11.3 Å². The second-order valence-electron chi connectivity index (χ2n) is 6.47. The van der Waals surface area contributed by atoms with Crippen LogP contribution in [0.25, 0.3) is 0 Å². The molecule has 0 unspecified atom stereocenters. The van der Waals surface area contributed by atoms with Gasteiger partial charge in [-0.1, -0.05) is 6.07 Å². The van der Waals surface area contributed by atoms with Crippen LogP contribution >= 0.6 is 35.3 Å². The Hall–Kier alpha value is -1.55. The van der Waals surface area contributed by atoms with Crippen molar-refractivity contribution in [1.29, 1.82) is 0 Å². The maximum atomic E-state index is 6.22. The summed E-state index contributed by atoms with van der Waals surface area (Å²) in [4.78, 5) is 15.6. The Labute approximate surface area is 176 Å².